The molecule has 2 N–H and O–H groups in total. The van der Waals surface area contributed by atoms with Gasteiger partial charge in [-0.15, -0.1) is 0 Å². The van der Waals surface area contributed by atoms with Crippen molar-refractivity contribution in [2.75, 3.05) is 32.8 Å². The van der Waals surface area contributed by atoms with Crippen molar-refractivity contribution >= 4 is 6.09 Å². The van der Waals surface area contributed by atoms with Crippen LogP contribution >= 0.6 is 0 Å². The lowest BCUT2D eigenvalue weighted by Gasteiger charge is -2.55. The first-order valence-electron chi connectivity index (χ1n) is 7.62. The van der Waals surface area contributed by atoms with E-state index in [9.17, 15) is 4.79 Å². The van der Waals surface area contributed by atoms with Gasteiger partial charge in [-0.3, -0.25) is 0 Å². The minimum atomic E-state index is -0.446. The number of carbonyl (C=O) groups excluding carboxylic acids is 1. The molecule has 2 atom stereocenters. The van der Waals surface area contributed by atoms with Gasteiger partial charge < -0.3 is 20.1 Å². The molecule has 0 saturated carbocycles. The van der Waals surface area contributed by atoms with E-state index >= 15 is 0 Å². The molecule has 0 aromatic carbocycles. The monoisotopic (exact) mass is 284 g/mol. The summed E-state index contributed by atoms with van der Waals surface area (Å²) in [5.74, 6) is 1.05. The van der Waals surface area contributed by atoms with Crippen LogP contribution in [0.25, 0.3) is 0 Å². The summed E-state index contributed by atoms with van der Waals surface area (Å²) in [6.45, 7) is 12.2. The van der Waals surface area contributed by atoms with Crippen molar-refractivity contribution in [3.8, 4) is 0 Å². The summed E-state index contributed by atoms with van der Waals surface area (Å²) in [4.78, 5) is 11.8. The highest BCUT2D eigenvalue weighted by molar-refractivity contribution is 5.67. The van der Waals surface area contributed by atoms with Crippen molar-refractivity contribution in [3.63, 3.8) is 0 Å². The van der Waals surface area contributed by atoms with Crippen molar-refractivity contribution in [2.24, 2.45) is 17.3 Å². The third-order valence-electron chi connectivity index (χ3n) is 4.53. The molecule has 0 radical (unpaired) electrons. The van der Waals surface area contributed by atoms with E-state index in [0.29, 0.717) is 18.4 Å². The second-order valence-corrected chi connectivity index (χ2v) is 7.07. The Labute approximate surface area is 121 Å². The molecule has 5 heteroatoms. The van der Waals surface area contributed by atoms with Crippen molar-refractivity contribution in [1.82, 2.24) is 10.6 Å². The Hall–Kier alpha value is -0.810. The molecule has 20 heavy (non-hydrogen) atoms. The number of nitrogens with one attached hydrogen (secondary N) is 2. The van der Waals surface area contributed by atoms with E-state index in [0.717, 1.165) is 32.7 Å². The predicted molar refractivity (Wildman–Crippen MR) is 77.6 cm³/mol. The van der Waals surface area contributed by atoms with Crippen LogP contribution in [0.4, 0.5) is 4.79 Å². The van der Waals surface area contributed by atoms with Crippen LogP contribution in [-0.2, 0) is 9.47 Å². The highest BCUT2D eigenvalue weighted by atomic mass is 16.6. The maximum absolute atomic E-state index is 11.8. The zero-order valence-electron chi connectivity index (χ0n) is 13.1. The summed E-state index contributed by atoms with van der Waals surface area (Å²) >= 11 is 0. The van der Waals surface area contributed by atoms with Gasteiger partial charge in [-0.2, -0.15) is 0 Å². The Morgan fingerprint density at radius 2 is 2.00 bits per heavy atom. The molecule has 2 aliphatic rings. The molecule has 0 bridgehead atoms. The van der Waals surface area contributed by atoms with Gasteiger partial charge in [0.2, 0.25) is 0 Å². The first kappa shape index (κ1) is 15.6. The summed E-state index contributed by atoms with van der Waals surface area (Å²) in [5.41, 5.74) is -0.201. The van der Waals surface area contributed by atoms with E-state index in [1.54, 1.807) is 0 Å². The number of carbonyl (C=O) groups is 1. The van der Waals surface area contributed by atoms with Gasteiger partial charge in [0, 0.05) is 18.5 Å². The van der Waals surface area contributed by atoms with E-state index in [1.807, 2.05) is 20.8 Å². The van der Waals surface area contributed by atoms with Gasteiger partial charge in [0.05, 0.1) is 13.2 Å². The first-order chi connectivity index (χ1) is 9.37. The number of rotatable bonds is 3. The second kappa shape index (κ2) is 5.90. The molecule has 116 valence electrons. The molecule has 1 amide bonds. The fourth-order valence-corrected chi connectivity index (χ4v) is 3.33. The summed E-state index contributed by atoms with van der Waals surface area (Å²) in [5, 5.41) is 6.40. The SMILES string of the molecule is CCC1CNCC(CNC(=O)OC(C)(C)C)C12COC2. The van der Waals surface area contributed by atoms with Gasteiger partial charge in [-0.25, -0.2) is 4.79 Å². The number of amides is 1. The van der Waals surface area contributed by atoms with Crippen LogP contribution in [-0.4, -0.2) is 44.5 Å². The van der Waals surface area contributed by atoms with E-state index < -0.39 is 5.60 Å². The number of hydrogen-bond acceptors (Lipinski definition) is 4. The average Bonchev–Trinajstić information content (AvgIpc) is 2.31. The van der Waals surface area contributed by atoms with Gasteiger partial charge in [0.25, 0.3) is 0 Å². The van der Waals surface area contributed by atoms with Crippen LogP contribution in [0.1, 0.15) is 34.1 Å². The quantitative estimate of drug-likeness (QED) is 0.829. The molecule has 2 aliphatic heterocycles. The topological polar surface area (TPSA) is 59.6 Å². The fraction of sp³-hybridized carbons (Fsp3) is 0.933. The van der Waals surface area contributed by atoms with Crippen LogP contribution in [0, 0.1) is 17.3 Å². The van der Waals surface area contributed by atoms with Crippen molar-refractivity contribution in [1.29, 1.82) is 0 Å². The molecule has 2 unspecified atom stereocenters. The van der Waals surface area contributed by atoms with Crippen LogP contribution < -0.4 is 10.6 Å². The van der Waals surface area contributed by atoms with E-state index in [1.165, 1.54) is 0 Å². The third kappa shape index (κ3) is 3.26. The van der Waals surface area contributed by atoms with E-state index in [2.05, 4.69) is 17.6 Å². The third-order valence-corrected chi connectivity index (χ3v) is 4.53. The highest BCUT2D eigenvalue weighted by Gasteiger charge is 2.52. The minimum Gasteiger partial charge on any atom is -0.444 e. The predicted octanol–water partition coefficient (Wildman–Crippen LogP) is 1.77. The smallest absolute Gasteiger partial charge is 0.407 e. The van der Waals surface area contributed by atoms with Gasteiger partial charge in [-0.1, -0.05) is 13.3 Å². The second-order valence-electron chi connectivity index (χ2n) is 7.07. The molecule has 2 heterocycles. The van der Waals surface area contributed by atoms with Crippen LogP contribution in [0.2, 0.25) is 0 Å². The lowest BCUT2D eigenvalue weighted by molar-refractivity contribution is -0.187. The molecule has 2 saturated heterocycles. The molecule has 5 nitrogen and oxygen atoms in total. The van der Waals surface area contributed by atoms with E-state index in [4.69, 9.17) is 9.47 Å². The molecule has 0 aromatic heterocycles. The van der Waals surface area contributed by atoms with Crippen molar-refractivity contribution in [2.45, 2.75) is 39.7 Å². The lowest BCUT2D eigenvalue weighted by atomic mass is 9.62. The lowest BCUT2D eigenvalue weighted by Crippen LogP contribution is -2.63. The largest absolute Gasteiger partial charge is 0.444 e. The molecular formula is C15H28N2O3. The summed E-state index contributed by atoms with van der Waals surface area (Å²) < 4.78 is 10.8. The minimum absolute atomic E-state index is 0.245. The Bertz CT molecular complexity index is 348. The molecule has 2 fully saturated rings. The maximum Gasteiger partial charge on any atom is 0.407 e. The first-order valence-corrected chi connectivity index (χ1v) is 7.62. The standard InChI is InChI=1S/C15H28N2O3/c1-5-11-6-16-7-12(15(11)9-19-10-15)8-17-13(18)20-14(2,3)4/h11-12,16H,5-10H2,1-4H3,(H,17,18). The van der Waals surface area contributed by atoms with E-state index in [-0.39, 0.29) is 11.5 Å². The molecular weight excluding hydrogens is 256 g/mol. The number of ether oxygens (including phenoxy) is 2. The van der Waals surface area contributed by atoms with Gasteiger partial charge >= 0.3 is 6.09 Å². The Morgan fingerprint density at radius 3 is 2.50 bits per heavy atom. The highest BCUT2D eigenvalue weighted by Crippen LogP contribution is 2.45. The molecule has 0 aliphatic carbocycles. The average molecular weight is 284 g/mol. The number of piperidine rings is 1. The van der Waals surface area contributed by atoms with Crippen LogP contribution in [0.5, 0.6) is 0 Å². The molecule has 1 spiro atoms. The van der Waals surface area contributed by atoms with Crippen LogP contribution in [0.15, 0.2) is 0 Å². The normalized spacial score (nSPS) is 28.8. The van der Waals surface area contributed by atoms with Gasteiger partial charge in [-0.05, 0) is 39.2 Å². The maximum atomic E-state index is 11.8. The Balaban J connectivity index is 1.89. The number of alkyl carbamates (subject to hydrolysis) is 1. The summed E-state index contributed by atoms with van der Waals surface area (Å²) in [6.07, 6.45) is 0.825. The van der Waals surface area contributed by atoms with Gasteiger partial charge in [0.1, 0.15) is 5.60 Å². The van der Waals surface area contributed by atoms with Crippen LogP contribution in [0.3, 0.4) is 0 Å². The molecule has 2 rings (SSSR count). The number of hydrogen-bond donors (Lipinski definition) is 2. The summed E-state index contributed by atoms with van der Waals surface area (Å²) in [6, 6.07) is 0. The zero-order valence-corrected chi connectivity index (χ0v) is 13.1. The fourth-order valence-electron chi connectivity index (χ4n) is 3.33. The van der Waals surface area contributed by atoms with Crippen molar-refractivity contribution in [3.05, 3.63) is 0 Å². The zero-order chi connectivity index (χ0) is 14.8. The Kier molecular flexibility index (Phi) is 4.59. The molecule has 0 aromatic rings. The van der Waals surface area contributed by atoms with Gasteiger partial charge in [0.15, 0.2) is 0 Å². The summed E-state index contributed by atoms with van der Waals surface area (Å²) in [7, 11) is 0. The van der Waals surface area contributed by atoms with Crippen molar-refractivity contribution < 1.29 is 14.3 Å². The Morgan fingerprint density at radius 1 is 1.35 bits per heavy atom.